The van der Waals surface area contributed by atoms with Crippen LogP contribution < -0.4 is 0 Å². The van der Waals surface area contributed by atoms with Crippen LogP contribution in [-0.2, 0) is 19.1 Å². The molecule has 16 heavy (non-hydrogen) atoms. The number of hydrogen-bond acceptors (Lipinski definition) is 4. The number of ether oxygens (including phenoxy) is 2. The van der Waals surface area contributed by atoms with Crippen LogP contribution in [0.2, 0.25) is 0 Å². The highest BCUT2D eigenvalue weighted by molar-refractivity contribution is 5.97. The van der Waals surface area contributed by atoms with Crippen LogP contribution in [0.25, 0.3) is 0 Å². The van der Waals surface area contributed by atoms with Crippen molar-refractivity contribution < 1.29 is 19.1 Å². The molecule has 90 valence electrons. The predicted molar refractivity (Wildman–Crippen MR) is 57.3 cm³/mol. The number of allylic oxidation sites excluding steroid dienone is 1. The van der Waals surface area contributed by atoms with E-state index in [0.717, 1.165) is 0 Å². The minimum atomic E-state index is -1.02. The Hall–Kier alpha value is -1.52. The zero-order valence-corrected chi connectivity index (χ0v) is 10.3. The fraction of sp³-hybridized carbons (Fsp3) is 0.636. The van der Waals surface area contributed by atoms with Crippen molar-refractivity contribution in [1.29, 1.82) is 0 Å². The van der Waals surface area contributed by atoms with Gasteiger partial charge < -0.3 is 9.47 Å². The number of carbonyl (C=O) groups excluding carboxylic acids is 2. The molecule has 0 saturated heterocycles. The third-order valence-electron chi connectivity index (χ3n) is 2.86. The summed E-state index contributed by atoms with van der Waals surface area (Å²) in [6.45, 7) is 6.75. The van der Waals surface area contributed by atoms with Gasteiger partial charge in [-0.1, -0.05) is 0 Å². The summed E-state index contributed by atoms with van der Waals surface area (Å²) in [5.74, 6) is -0.0575. The molecule has 1 aliphatic heterocycles. The van der Waals surface area contributed by atoms with Crippen molar-refractivity contribution in [1.82, 2.24) is 4.90 Å². The molecule has 0 aromatic heterocycles. The van der Waals surface area contributed by atoms with Crippen LogP contribution in [0.15, 0.2) is 11.3 Å². The van der Waals surface area contributed by atoms with Crippen molar-refractivity contribution in [2.75, 3.05) is 13.8 Å². The molecule has 0 aliphatic carbocycles. The SMILES string of the molecule is COC(=O)C(C)(C)N1COC(C)=C(C)C1=O. The second-order valence-corrected chi connectivity index (χ2v) is 4.24. The monoisotopic (exact) mass is 227 g/mol. The maximum Gasteiger partial charge on any atom is 0.331 e. The molecule has 0 saturated carbocycles. The molecule has 5 heteroatoms. The van der Waals surface area contributed by atoms with E-state index >= 15 is 0 Å². The number of amides is 1. The fourth-order valence-electron chi connectivity index (χ4n) is 1.46. The molecule has 0 unspecified atom stereocenters. The molecule has 0 spiro atoms. The topological polar surface area (TPSA) is 55.8 Å². The van der Waals surface area contributed by atoms with Crippen LogP contribution in [-0.4, -0.2) is 36.2 Å². The van der Waals surface area contributed by atoms with E-state index < -0.39 is 11.5 Å². The minimum Gasteiger partial charge on any atom is -0.477 e. The van der Waals surface area contributed by atoms with E-state index in [1.54, 1.807) is 27.7 Å². The van der Waals surface area contributed by atoms with Gasteiger partial charge in [0, 0.05) is 0 Å². The van der Waals surface area contributed by atoms with Gasteiger partial charge in [0.05, 0.1) is 12.7 Å². The Kier molecular flexibility index (Phi) is 3.26. The first-order chi connectivity index (χ1) is 7.32. The molecule has 1 aliphatic rings. The molecule has 0 N–H and O–H groups in total. The van der Waals surface area contributed by atoms with Gasteiger partial charge in [0.25, 0.3) is 5.91 Å². The van der Waals surface area contributed by atoms with Crippen molar-refractivity contribution in [3.8, 4) is 0 Å². The average molecular weight is 227 g/mol. The van der Waals surface area contributed by atoms with Crippen molar-refractivity contribution in [3.05, 3.63) is 11.3 Å². The molecule has 0 radical (unpaired) electrons. The van der Waals surface area contributed by atoms with Crippen molar-refractivity contribution in [2.24, 2.45) is 0 Å². The van der Waals surface area contributed by atoms with E-state index in [9.17, 15) is 9.59 Å². The first-order valence-electron chi connectivity index (χ1n) is 5.03. The summed E-state index contributed by atoms with van der Waals surface area (Å²) in [6, 6.07) is 0. The molecular weight excluding hydrogens is 210 g/mol. The molecule has 5 nitrogen and oxygen atoms in total. The lowest BCUT2D eigenvalue weighted by Gasteiger charge is -2.38. The second kappa shape index (κ2) is 4.15. The van der Waals surface area contributed by atoms with E-state index in [-0.39, 0.29) is 12.6 Å². The first-order valence-corrected chi connectivity index (χ1v) is 5.03. The summed E-state index contributed by atoms with van der Waals surface area (Å²) < 4.78 is 10.0. The van der Waals surface area contributed by atoms with E-state index in [1.165, 1.54) is 12.0 Å². The summed E-state index contributed by atoms with van der Waals surface area (Å²) in [5.41, 5.74) is -0.503. The average Bonchev–Trinajstić information content (AvgIpc) is 2.24. The Balaban J connectivity index is 3.01. The quantitative estimate of drug-likeness (QED) is 0.662. The van der Waals surface area contributed by atoms with Crippen molar-refractivity contribution in [3.63, 3.8) is 0 Å². The Morgan fingerprint density at radius 1 is 1.44 bits per heavy atom. The number of hydrogen-bond donors (Lipinski definition) is 0. The van der Waals surface area contributed by atoms with Gasteiger partial charge in [-0.15, -0.1) is 0 Å². The molecule has 0 aromatic carbocycles. The van der Waals surface area contributed by atoms with Gasteiger partial charge in [0.2, 0.25) is 0 Å². The third-order valence-corrected chi connectivity index (χ3v) is 2.86. The smallest absolute Gasteiger partial charge is 0.331 e. The number of methoxy groups -OCH3 is 1. The largest absolute Gasteiger partial charge is 0.477 e. The molecule has 0 aromatic rings. The minimum absolute atomic E-state index is 0.0735. The first kappa shape index (κ1) is 12.5. The van der Waals surface area contributed by atoms with Crippen LogP contribution in [0.1, 0.15) is 27.7 Å². The molecule has 1 amide bonds. The molecule has 0 bridgehead atoms. The fourth-order valence-corrected chi connectivity index (χ4v) is 1.46. The van der Waals surface area contributed by atoms with Crippen LogP contribution in [0.3, 0.4) is 0 Å². The Morgan fingerprint density at radius 2 is 2.00 bits per heavy atom. The normalized spacial score (nSPS) is 17.3. The summed E-state index contributed by atoms with van der Waals surface area (Å²) >= 11 is 0. The van der Waals surface area contributed by atoms with Crippen molar-refractivity contribution in [2.45, 2.75) is 33.2 Å². The maximum atomic E-state index is 12.0. The van der Waals surface area contributed by atoms with Crippen LogP contribution in [0, 0.1) is 0 Å². The second-order valence-electron chi connectivity index (χ2n) is 4.24. The van der Waals surface area contributed by atoms with Crippen molar-refractivity contribution >= 4 is 11.9 Å². The van der Waals surface area contributed by atoms with E-state index in [0.29, 0.717) is 11.3 Å². The summed E-state index contributed by atoms with van der Waals surface area (Å²) in [5, 5.41) is 0. The Morgan fingerprint density at radius 3 is 2.50 bits per heavy atom. The van der Waals surface area contributed by atoms with Crippen LogP contribution >= 0.6 is 0 Å². The van der Waals surface area contributed by atoms with Gasteiger partial charge in [-0.2, -0.15) is 0 Å². The highest BCUT2D eigenvalue weighted by Crippen LogP contribution is 2.24. The Labute approximate surface area is 95.0 Å². The standard InChI is InChI=1S/C11H17NO4/c1-7-8(2)16-6-12(9(7)13)11(3,4)10(14)15-5/h6H2,1-5H3. The molecule has 0 atom stereocenters. The van der Waals surface area contributed by atoms with Gasteiger partial charge in [-0.05, 0) is 27.7 Å². The number of esters is 1. The van der Waals surface area contributed by atoms with Gasteiger partial charge in [-0.3, -0.25) is 9.69 Å². The van der Waals surface area contributed by atoms with Crippen LogP contribution in [0.4, 0.5) is 0 Å². The zero-order chi connectivity index (χ0) is 12.5. The zero-order valence-electron chi connectivity index (χ0n) is 10.3. The summed E-state index contributed by atoms with van der Waals surface area (Å²) in [6.07, 6.45) is 0. The van der Waals surface area contributed by atoms with Gasteiger partial charge >= 0.3 is 5.97 Å². The third kappa shape index (κ3) is 1.89. The Bertz CT molecular complexity index is 357. The highest BCUT2D eigenvalue weighted by atomic mass is 16.5. The lowest BCUT2D eigenvalue weighted by Crippen LogP contribution is -2.55. The van der Waals surface area contributed by atoms with E-state index in [1.807, 2.05) is 0 Å². The molecule has 1 heterocycles. The van der Waals surface area contributed by atoms with Gasteiger partial charge in [0.15, 0.2) is 6.73 Å². The van der Waals surface area contributed by atoms with Gasteiger partial charge in [0.1, 0.15) is 11.3 Å². The lowest BCUT2D eigenvalue weighted by molar-refractivity contribution is -0.164. The molecule has 1 rings (SSSR count). The summed E-state index contributed by atoms with van der Waals surface area (Å²) in [4.78, 5) is 24.9. The lowest BCUT2D eigenvalue weighted by atomic mass is 10.0. The number of nitrogens with zero attached hydrogens (tertiary/aromatic N) is 1. The van der Waals surface area contributed by atoms with E-state index in [4.69, 9.17) is 4.74 Å². The van der Waals surface area contributed by atoms with Gasteiger partial charge in [-0.25, -0.2) is 4.79 Å². The number of carbonyl (C=O) groups is 2. The molecular formula is C11H17NO4. The molecule has 0 fully saturated rings. The maximum absolute atomic E-state index is 12.0. The number of rotatable bonds is 2. The summed E-state index contributed by atoms with van der Waals surface area (Å²) in [7, 11) is 1.30. The predicted octanol–water partition coefficient (Wildman–Crippen LogP) is 1.05. The highest BCUT2D eigenvalue weighted by Gasteiger charge is 2.41. The van der Waals surface area contributed by atoms with Crippen LogP contribution in [0.5, 0.6) is 0 Å². The van der Waals surface area contributed by atoms with E-state index in [2.05, 4.69) is 4.74 Å².